The third-order valence-corrected chi connectivity index (χ3v) is 12.4. The van der Waals surface area contributed by atoms with Crippen LogP contribution in [0.3, 0.4) is 0 Å². The van der Waals surface area contributed by atoms with Crippen molar-refractivity contribution in [3.8, 4) is 0 Å². The standard InChI is InChI=1S/C17H26O3SSi/c1-13-7-9-14(10-8-13)21(18,19)15-11-12-20-16(15)22(5,6)17(2,3)4/h7-10H,11-12H2,1-6H3. The van der Waals surface area contributed by atoms with Gasteiger partial charge < -0.3 is 4.74 Å². The van der Waals surface area contributed by atoms with Crippen LogP contribution in [0, 0.1) is 6.92 Å². The number of hydrogen-bond acceptors (Lipinski definition) is 3. The first kappa shape index (κ1) is 17.3. The zero-order valence-corrected chi connectivity index (χ0v) is 16.2. The molecule has 0 saturated carbocycles. The van der Waals surface area contributed by atoms with Gasteiger partial charge in [-0.2, -0.15) is 0 Å². The third kappa shape index (κ3) is 2.88. The van der Waals surface area contributed by atoms with E-state index >= 15 is 0 Å². The van der Waals surface area contributed by atoms with Crippen LogP contribution in [0.5, 0.6) is 0 Å². The monoisotopic (exact) mass is 338 g/mol. The number of hydrogen-bond donors (Lipinski definition) is 0. The Morgan fingerprint density at radius 3 is 2.14 bits per heavy atom. The maximum absolute atomic E-state index is 13.0. The second-order valence-electron chi connectivity index (χ2n) is 7.54. The molecule has 0 aromatic heterocycles. The van der Waals surface area contributed by atoms with E-state index in [0.29, 0.717) is 22.8 Å². The molecule has 0 bridgehead atoms. The Kier molecular flexibility index (Phi) is 4.34. The fourth-order valence-electron chi connectivity index (χ4n) is 2.43. The van der Waals surface area contributed by atoms with Gasteiger partial charge in [-0.3, -0.25) is 0 Å². The van der Waals surface area contributed by atoms with Crippen molar-refractivity contribution in [3.63, 3.8) is 0 Å². The molecular weight excluding hydrogens is 312 g/mol. The van der Waals surface area contributed by atoms with Gasteiger partial charge in [-0.25, -0.2) is 8.42 Å². The highest BCUT2D eigenvalue weighted by Gasteiger charge is 2.46. The molecule has 1 aliphatic heterocycles. The van der Waals surface area contributed by atoms with Gasteiger partial charge in [-0.15, -0.1) is 0 Å². The number of ether oxygens (including phenoxy) is 1. The van der Waals surface area contributed by atoms with Crippen molar-refractivity contribution in [3.05, 3.63) is 40.1 Å². The molecule has 1 aliphatic rings. The van der Waals surface area contributed by atoms with Gasteiger partial charge in [0.05, 0.1) is 21.8 Å². The molecule has 22 heavy (non-hydrogen) atoms. The zero-order chi connectivity index (χ0) is 16.8. The lowest BCUT2D eigenvalue weighted by Crippen LogP contribution is -2.41. The highest BCUT2D eigenvalue weighted by Crippen LogP contribution is 2.45. The highest BCUT2D eigenvalue weighted by atomic mass is 32.2. The highest BCUT2D eigenvalue weighted by molar-refractivity contribution is 7.95. The minimum absolute atomic E-state index is 0.0424. The van der Waals surface area contributed by atoms with E-state index in [2.05, 4.69) is 33.9 Å². The van der Waals surface area contributed by atoms with Crippen LogP contribution in [0.25, 0.3) is 0 Å². The Labute approximate surface area is 135 Å². The molecule has 5 heteroatoms. The summed E-state index contributed by atoms with van der Waals surface area (Å²) in [6, 6.07) is 7.07. The molecule has 2 rings (SSSR count). The Morgan fingerprint density at radius 2 is 1.64 bits per heavy atom. The van der Waals surface area contributed by atoms with Gasteiger partial charge in [0.25, 0.3) is 0 Å². The average molecular weight is 339 g/mol. The van der Waals surface area contributed by atoms with E-state index in [4.69, 9.17) is 4.74 Å². The van der Waals surface area contributed by atoms with Gasteiger partial charge in [-0.05, 0) is 24.1 Å². The Balaban J connectivity index is 2.58. The van der Waals surface area contributed by atoms with E-state index in [-0.39, 0.29) is 5.04 Å². The van der Waals surface area contributed by atoms with E-state index in [9.17, 15) is 8.42 Å². The lowest BCUT2D eigenvalue weighted by molar-refractivity contribution is 0.262. The third-order valence-electron chi connectivity index (χ3n) is 4.93. The maximum Gasteiger partial charge on any atom is 0.205 e. The lowest BCUT2D eigenvalue weighted by Gasteiger charge is -2.37. The molecule has 0 unspecified atom stereocenters. The summed E-state index contributed by atoms with van der Waals surface area (Å²) in [6.45, 7) is 13.3. The molecule has 0 radical (unpaired) electrons. The molecule has 0 spiro atoms. The topological polar surface area (TPSA) is 43.4 Å². The predicted octanol–water partition coefficient (Wildman–Crippen LogP) is 4.45. The molecule has 1 heterocycles. The average Bonchev–Trinajstić information content (AvgIpc) is 2.88. The summed E-state index contributed by atoms with van der Waals surface area (Å²) in [5, 5.41) is 0.807. The van der Waals surface area contributed by atoms with Crippen LogP contribution in [0.2, 0.25) is 18.1 Å². The summed E-state index contributed by atoms with van der Waals surface area (Å²) < 4.78 is 31.9. The van der Waals surface area contributed by atoms with Crippen LogP contribution in [0.15, 0.2) is 39.4 Å². The lowest BCUT2D eigenvalue weighted by atomic mass is 10.2. The van der Waals surface area contributed by atoms with Gasteiger partial charge >= 0.3 is 0 Å². The molecule has 0 fully saturated rings. The molecule has 0 saturated heterocycles. The van der Waals surface area contributed by atoms with Gasteiger partial charge in [0.2, 0.25) is 9.84 Å². The summed E-state index contributed by atoms with van der Waals surface area (Å²) in [6.07, 6.45) is 0.484. The first-order valence-electron chi connectivity index (χ1n) is 7.66. The van der Waals surface area contributed by atoms with E-state index in [1.807, 2.05) is 19.1 Å². The Hall–Kier alpha value is -1.07. The van der Waals surface area contributed by atoms with Crippen molar-refractivity contribution < 1.29 is 13.2 Å². The van der Waals surface area contributed by atoms with Crippen LogP contribution in [0.4, 0.5) is 0 Å². The summed E-state index contributed by atoms with van der Waals surface area (Å²) in [5.74, 6) is 0. The molecule has 0 amide bonds. The quantitative estimate of drug-likeness (QED) is 0.765. The summed E-state index contributed by atoms with van der Waals surface area (Å²) >= 11 is 0. The van der Waals surface area contributed by atoms with Gasteiger partial charge in [-0.1, -0.05) is 51.6 Å². The fourth-order valence-corrected chi connectivity index (χ4v) is 6.99. The van der Waals surface area contributed by atoms with Crippen LogP contribution in [0.1, 0.15) is 32.8 Å². The molecule has 1 aromatic rings. The first-order valence-corrected chi connectivity index (χ1v) is 12.1. The van der Waals surface area contributed by atoms with Gasteiger partial charge in [0.15, 0.2) is 0 Å². The molecule has 3 nitrogen and oxygen atoms in total. The van der Waals surface area contributed by atoms with Crippen molar-refractivity contribution in [1.82, 2.24) is 0 Å². The van der Waals surface area contributed by atoms with Crippen molar-refractivity contribution in [1.29, 1.82) is 0 Å². The summed E-state index contributed by atoms with van der Waals surface area (Å²) in [4.78, 5) is 0.873. The normalized spacial score (nSPS) is 16.8. The van der Waals surface area contributed by atoms with Gasteiger partial charge in [0.1, 0.15) is 8.07 Å². The van der Waals surface area contributed by atoms with Crippen LogP contribution in [-0.2, 0) is 14.6 Å². The van der Waals surface area contributed by atoms with Gasteiger partial charge in [0, 0.05) is 6.42 Å². The van der Waals surface area contributed by atoms with Crippen LogP contribution < -0.4 is 0 Å². The molecule has 122 valence electrons. The summed E-state index contributed by atoms with van der Waals surface area (Å²) in [7, 11) is -5.47. The molecule has 0 N–H and O–H groups in total. The SMILES string of the molecule is Cc1ccc(S(=O)(=O)C2=C([Si](C)(C)C(C)(C)C)OCC2)cc1. The minimum atomic E-state index is -3.46. The first-order chi connectivity index (χ1) is 9.98. The molecular formula is C17H26O3SSi. The maximum atomic E-state index is 13.0. The van der Waals surface area contributed by atoms with E-state index in [1.54, 1.807) is 12.1 Å². The molecule has 1 aromatic carbocycles. The second-order valence-corrected chi connectivity index (χ2v) is 14.7. The van der Waals surface area contributed by atoms with Crippen molar-refractivity contribution >= 4 is 17.9 Å². The number of sulfone groups is 1. The minimum Gasteiger partial charge on any atom is -0.502 e. The van der Waals surface area contributed by atoms with Crippen LogP contribution in [-0.4, -0.2) is 23.1 Å². The van der Waals surface area contributed by atoms with Crippen molar-refractivity contribution in [2.75, 3.05) is 6.61 Å². The smallest absolute Gasteiger partial charge is 0.205 e. The molecule has 0 aliphatic carbocycles. The fraction of sp³-hybridized carbons (Fsp3) is 0.529. The summed E-state index contributed by atoms with van der Waals surface area (Å²) in [5.41, 5.74) is 1.06. The molecule has 0 atom stereocenters. The number of rotatable bonds is 3. The number of aryl methyl sites for hydroxylation is 1. The Bertz CT molecular complexity index is 692. The van der Waals surface area contributed by atoms with E-state index in [1.165, 1.54) is 0 Å². The van der Waals surface area contributed by atoms with Crippen LogP contribution >= 0.6 is 0 Å². The predicted molar refractivity (Wildman–Crippen MR) is 93.2 cm³/mol. The van der Waals surface area contributed by atoms with E-state index < -0.39 is 17.9 Å². The van der Waals surface area contributed by atoms with Crippen molar-refractivity contribution in [2.45, 2.75) is 57.1 Å². The second kappa shape index (κ2) is 5.53. The number of benzene rings is 1. The largest absolute Gasteiger partial charge is 0.502 e. The van der Waals surface area contributed by atoms with E-state index in [0.717, 1.165) is 10.9 Å². The Morgan fingerprint density at radius 1 is 1.09 bits per heavy atom. The zero-order valence-electron chi connectivity index (χ0n) is 14.4. The van der Waals surface area contributed by atoms with Crippen molar-refractivity contribution in [2.24, 2.45) is 0 Å².